The minimum atomic E-state index is -0.785. The summed E-state index contributed by atoms with van der Waals surface area (Å²) in [4.78, 5) is 0. The molecule has 6 aromatic rings. The van der Waals surface area contributed by atoms with Crippen molar-refractivity contribution in [1.29, 1.82) is 0 Å². The molecule has 1 saturated heterocycles. The van der Waals surface area contributed by atoms with Crippen molar-refractivity contribution in [2.75, 3.05) is 0 Å². The van der Waals surface area contributed by atoms with Gasteiger partial charge < -0.3 is 28.4 Å². The number of rotatable bonds is 16. The van der Waals surface area contributed by atoms with Gasteiger partial charge in [-0.25, -0.2) is 4.39 Å². The van der Waals surface area contributed by atoms with Gasteiger partial charge in [0.25, 0.3) is 0 Å². The van der Waals surface area contributed by atoms with Crippen LogP contribution in [0.4, 0.5) is 4.39 Å². The largest absolute Gasteiger partial charge is 0.488 e. The third-order valence-corrected chi connectivity index (χ3v) is 9.43. The molecule has 7 heteroatoms. The topological polar surface area (TPSA) is 55.4 Å². The van der Waals surface area contributed by atoms with Gasteiger partial charge in [-0.1, -0.05) is 134 Å². The molecule has 7 rings (SSSR count). The van der Waals surface area contributed by atoms with E-state index in [0.717, 1.165) is 44.5 Å². The second-order valence-electron chi connectivity index (χ2n) is 13.3. The molecule has 1 aliphatic rings. The smallest absolute Gasteiger partial charge is 0.212 e. The van der Waals surface area contributed by atoms with Crippen molar-refractivity contribution in [3.63, 3.8) is 0 Å². The Labute approximate surface area is 317 Å². The maximum Gasteiger partial charge on any atom is 0.212 e. The number of aryl methyl sites for hydroxylation is 1. The van der Waals surface area contributed by atoms with E-state index in [1.54, 1.807) is 13.0 Å². The highest BCUT2D eigenvalue weighted by molar-refractivity contribution is 5.78. The molecule has 2 atom stereocenters. The van der Waals surface area contributed by atoms with Crippen molar-refractivity contribution in [3.8, 4) is 22.6 Å². The first-order valence-corrected chi connectivity index (χ1v) is 18.4. The molecule has 0 aromatic heterocycles. The number of hydrogen-bond acceptors (Lipinski definition) is 6. The van der Waals surface area contributed by atoms with Crippen LogP contribution in [0, 0.1) is 12.7 Å². The van der Waals surface area contributed by atoms with Gasteiger partial charge in [-0.05, 0) is 70.0 Å². The molecular formula is C47H45FO6. The molecule has 0 N–H and O–H groups in total. The van der Waals surface area contributed by atoms with E-state index in [1.165, 1.54) is 6.07 Å². The van der Waals surface area contributed by atoms with Crippen LogP contribution in [0.2, 0.25) is 0 Å². The molecule has 6 aromatic carbocycles. The molecule has 276 valence electrons. The molecule has 1 fully saturated rings. The molecule has 1 aliphatic heterocycles. The van der Waals surface area contributed by atoms with Gasteiger partial charge in [0.1, 0.15) is 30.5 Å². The first-order valence-electron chi connectivity index (χ1n) is 18.4. The van der Waals surface area contributed by atoms with Crippen LogP contribution in [0.1, 0.15) is 45.9 Å². The molecular weight excluding hydrogens is 680 g/mol. The van der Waals surface area contributed by atoms with E-state index in [4.69, 9.17) is 28.4 Å². The second-order valence-corrected chi connectivity index (χ2v) is 13.3. The van der Waals surface area contributed by atoms with Crippen LogP contribution in [0.15, 0.2) is 146 Å². The lowest BCUT2D eigenvalue weighted by Gasteiger charge is -2.24. The zero-order valence-electron chi connectivity index (χ0n) is 30.7. The summed E-state index contributed by atoms with van der Waals surface area (Å²) in [5, 5.41) is 0. The predicted molar refractivity (Wildman–Crippen MR) is 207 cm³/mol. The van der Waals surface area contributed by atoms with Crippen LogP contribution >= 0.6 is 0 Å². The van der Waals surface area contributed by atoms with E-state index in [0.29, 0.717) is 56.3 Å². The monoisotopic (exact) mass is 724 g/mol. The average Bonchev–Trinajstić information content (AvgIpc) is 3.61. The SMILES string of the molecule is CCc1c(OCc2ccccc2)cc(OCc2ccccc2)c(-c2ccc(F)c(C)c2)c1CC1O[C@H](OCc2ccccc2)[C@@H](OCc2ccccc2)O1. The molecule has 0 unspecified atom stereocenters. The highest BCUT2D eigenvalue weighted by atomic mass is 19.1. The van der Waals surface area contributed by atoms with Crippen molar-refractivity contribution in [1.82, 2.24) is 0 Å². The summed E-state index contributed by atoms with van der Waals surface area (Å²) >= 11 is 0. The fourth-order valence-electron chi connectivity index (χ4n) is 6.63. The predicted octanol–water partition coefficient (Wildman–Crippen LogP) is 10.5. The highest BCUT2D eigenvalue weighted by Gasteiger charge is 2.39. The fourth-order valence-corrected chi connectivity index (χ4v) is 6.63. The Kier molecular flexibility index (Phi) is 12.4. The third-order valence-electron chi connectivity index (χ3n) is 9.43. The average molecular weight is 725 g/mol. The molecule has 0 amide bonds. The van der Waals surface area contributed by atoms with Gasteiger partial charge in [-0.2, -0.15) is 0 Å². The number of hydrogen-bond donors (Lipinski definition) is 0. The first-order chi connectivity index (χ1) is 26.5. The maximum atomic E-state index is 14.7. The Morgan fingerprint density at radius 2 is 1.00 bits per heavy atom. The molecule has 1 heterocycles. The van der Waals surface area contributed by atoms with E-state index >= 15 is 0 Å². The van der Waals surface area contributed by atoms with Crippen LogP contribution < -0.4 is 9.47 Å². The lowest BCUT2D eigenvalue weighted by atomic mass is 9.89. The Balaban J connectivity index is 1.26. The molecule has 0 radical (unpaired) electrons. The minimum absolute atomic E-state index is 0.273. The maximum absolute atomic E-state index is 14.7. The van der Waals surface area contributed by atoms with Gasteiger partial charge in [-0.3, -0.25) is 0 Å². The molecule has 6 nitrogen and oxygen atoms in total. The summed E-state index contributed by atoms with van der Waals surface area (Å²) in [5.41, 5.74) is 8.19. The van der Waals surface area contributed by atoms with E-state index in [1.807, 2.05) is 133 Å². The van der Waals surface area contributed by atoms with Crippen LogP contribution in [0.25, 0.3) is 11.1 Å². The quantitative estimate of drug-likeness (QED) is 0.0991. The number of ether oxygens (including phenoxy) is 6. The van der Waals surface area contributed by atoms with Crippen molar-refractivity contribution < 1.29 is 32.8 Å². The van der Waals surface area contributed by atoms with Gasteiger partial charge in [0, 0.05) is 18.1 Å². The normalized spacial score (nSPS) is 15.7. The van der Waals surface area contributed by atoms with Crippen molar-refractivity contribution >= 4 is 0 Å². The zero-order valence-corrected chi connectivity index (χ0v) is 30.7. The highest BCUT2D eigenvalue weighted by Crippen LogP contribution is 2.44. The fraction of sp³-hybridized carbons (Fsp3) is 0.234. The van der Waals surface area contributed by atoms with Gasteiger partial charge in [-0.15, -0.1) is 0 Å². The summed E-state index contributed by atoms with van der Waals surface area (Å²) in [6, 6.07) is 47.1. The van der Waals surface area contributed by atoms with E-state index in [-0.39, 0.29) is 5.82 Å². The molecule has 0 spiro atoms. The van der Waals surface area contributed by atoms with Gasteiger partial charge in [0.2, 0.25) is 12.6 Å². The van der Waals surface area contributed by atoms with E-state index in [9.17, 15) is 4.39 Å². The van der Waals surface area contributed by atoms with Crippen LogP contribution in [-0.4, -0.2) is 18.9 Å². The van der Waals surface area contributed by atoms with Crippen LogP contribution in [0.3, 0.4) is 0 Å². The van der Waals surface area contributed by atoms with Gasteiger partial charge in [0.15, 0.2) is 6.29 Å². The Morgan fingerprint density at radius 3 is 1.46 bits per heavy atom. The second kappa shape index (κ2) is 18.1. The minimum Gasteiger partial charge on any atom is -0.488 e. The lowest BCUT2D eigenvalue weighted by molar-refractivity contribution is -0.200. The Hall–Kier alpha value is -5.31. The Morgan fingerprint density at radius 1 is 0.537 bits per heavy atom. The molecule has 0 saturated carbocycles. The number of benzene rings is 6. The van der Waals surface area contributed by atoms with Crippen molar-refractivity contribution in [3.05, 3.63) is 190 Å². The van der Waals surface area contributed by atoms with Crippen LogP contribution in [0.5, 0.6) is 11.5 Å². The summed E-state index contributed by atoms with van der Waals surface area (Å²) < 4.78 is 53.7. The van der Waals surface area contributed by atoms with E-state index < -0.39 is 18.9 Å². The summed E-state index contributed by atoms with van der Waals surface area (Å²) in [7, 11) is 0. The van der Waals surface area contributed by atoms with Gasteiger partial charge in [0.05, 0.1) is 13.2 Å². The van der Waals surface area contributed by atoms with Crippen molar-refractivity contribution in [2.45, 2.75) is 72.0 Å². The number of halogens is 1. The van der Waals surface area contributed by atoms with Gasteiger partial charge >= 0.3 is 0 Å². The third kappa shape index (κ3) is 9.43. The zero-order chi connectivity index (χ0) is 37.1. The van der Waals surface area contributed by atoms with Crippen molar-refractivity contribution in [2.24, 2.45) is 0 Å². The van der Waals surface area contributed by atoms with Crippen LogP contribution in [-0.2, 0) is 58.2 Å². The first kappa shape index (κ1) is 37.0. The standard InChI is InChI=1S/C47H45FO6/c1-3-39-40(27-44-53-46(51-31-36-20-12-6-13-21-36)47(54-44)52-32-37-22-14-7-15-23-37)45(38-24-25-41(48)33(2)26-38)43(50-30-35-18-10-5-11-19-35)28-42(39)49-29-34-16-8-4-9-17-34/h4-26,28,44,46-47H,3,27,29-32H2,1-2H3/t46-,47-/m0/s1. The summed E-state index contributed by atoms with van der Waals surface area (Å²) in [6.45, 7) is 5.24. The van der Waals surface area contributed by atoms with E-state index in [2.05, 4.69) is 6.92 Å². The molecule has 0 aliphatic carbocycles. The molecule has 0 bridgehead atoms. The summed E-state index contributed by atoms with van der Waals surface area (Å²) in [6.07, 6.45) is -1.32. The molecule has 54 heavy (non-hydrogen) atoms. The summed E-state index contributed by atoms with van der Waals surface area (Å²) in [5.74, 6) is 1.05. The Bertz CT molecular complexity index is 2020. The lowest BCUT2D eigenvalue weighted by Crippen LogP contribution is -2.28.